The average molecular weight is 255 g/mol. The van der Waals surface area contributed by atoms with Crippen LogP contribution in [0.1, 0.15) is 46.0 Å². The van der Waals surface area contributed by atoms with Crippen molar-refractivity contribution in [2.24, 2.45) is 17.4 Å². The molecule has 18 heavy (non-hydrogen) atoms. The summed E-state index contributed by atoms with van der Waals surface area (Å²) in [6.07, 6.45) is 3.72. The minimum atomic E-state index is -0.759. The van der Waals surface area contributed by atoms with Gasteiger partial charge in [0.15, 0.2) is 0 Å². The van der Waals surface area contributed by atoms with Gasteiger partial charge in [-0.25, -0.2) is 0 Å². The standard InChI is InChI=1S/C13H25N3O2/c1-3-6-13(2,15)12(18)16-7-4-10(5-8-16)9-11(14)17/h10H,3-9,15H2,1-2H3,(H2,14,17). The number of rotatable bonds is 5. The van der Waals surface area contributed by atoms with Gasteiger partial charge in [-0.15, -0.1) is 0 Å². The maximum atomic E-state index is 12.2. The van der Waals surface area contributed by atoms with Crippen molar-refractivity contribution in [3.8, 4) is 0 Å². The molecule has 1 atom stereocenters. The lowest BCUT2D eigenvalue weighted by Crippen LogP contribution is -2.55. The van der Waals surface area contributed by atoms with Crippen molar-refractivity contribution in [1.82, 2.24) is 4.90 Å². The largest absolute Gasteiger partial charge is 0.370 e. The lowest BCUT2D eigenvalue weighted by atomic mass is 9.90. The van der Waals surface area contributed by atoms with E-state index in [4.69, 9.17) is 11.5 Å². The Balaban J connectivity index is 2.47. The van der Waals surface area contributed by atoms with Gasteiger partial charge < -0.3 is 16.4 Å². The summed E-state index contributed by atoms with van der Waals surface area (Å²) in [5.74, 6) is 0.0954. The van der Waals surface area contributed by atoms with Gasteiger partial charge in [0.25, 0.3) is 0 Å². The summed E-state index contributed by atoms with van der Waals surface area (Å²) < 4.78 is 0. The van der Waals surface area contributed by atoms with E-state index in [2.05, 4.69) is 0 Å². The highest BCUT2D eigenvalue weighted by Gasteiger charge is 2.33. The second-order valence-corrected chi connectivity index (χ2v) is 5.57. The molecule has 1 heterocycles. The Labute approximate surface area is 109 Å². The fourth-order valence-corrected chi connectivity index (χ4v) is 2.61. The molecule has 0 aliphatic carbocycles. The third-order valence-corrected chi connectivity index (χ3v) is 3.65. The van der Waals surface area contributed by atoms with Gasteiger partial charge in [-0.1, -0.05) is 13.3 Å². The van der Waals surface area contributed by atoms with Crippen LogP contribution in [0.25, 0.3) is 0 Å². The molecule has 104 valence electrons. The van der Waals surface area contributed by atoms with Gasteiger partial charge >= 0.3 is 0 Å². The topological polar surface area (TPSA) is 89.4 Å². The van der Waals surface area contributed by atoms with E-state index in [0.717, 1.165) is 19.3 Å². The Morgan fingerprint density at radius 2 is 1.89 bits per heavy atom. The lowest BCUT2D eigenvalue weighted by molar-refractivity contribution is -0.138. The summed E-state index contributed by atoms with van der Waals surface area (Å²) in [5, 5.41) is 0. The quantitative estimate of drug-likeness (QED) is 0.754. The van der Waals surface area contributed by atoms with Crippen LogP contribution in [-0.2, 0) is 9.59 Å². The molecule has 1 unspecified atom stereocenters. The molecule has 0 bridgehead atoms. The molecule has 0 radical (unpaired) electrons. The number of nitrogens with two attached hydrogens (primary N) is 2. The van der Waals surface area contributed by atoms with Crippen molar-refractivity contribution in [3.05, 3.63) is 0 Å². The first-order valence-corrected chi connectivity index (χ1v) is 6.73. The van der Waals surface area contributed by atoms with Crippen LogP contribution in [-0.4, -0.2) is 35.3 Å². The summed E-state index contributed by atoms with van der Waals surface area (Å²) in [6.45, 7) is 5.20. The summed E-state index contributed by atoms with van der Waals surface area (Å²) in [6, 6.07) is 0. The van der Waals surface area contributed by atoms with Crippen molar-refractivity contribution < 1.29 is 9.59 Å². The highest BCUT2D eigenvalue weighted by Crippen LogP contribution is 2.23. The second kappa shape index (κ2) is 6.18. The number of piperidine rings is 1. The predicted octanol–water partition coefficient (Wildman–Crippen LogP) is 0.618. The summed E-state index contributed by atoms with van der Waals surface area (Å²) >= 11 is 0. The normalized spacial score (nSPS) is 20.5. The van der Waals surface area contributed by atoms with E-state index in [9.17, 15) is 9.59 Å². The summed E-state index contributed by atoms with van der Waals surface area (Å²) in [7, 11) is 0. The van der Waals surface area contributed by atoms with Crippen LogP contribution in [0, 0.1) is 5.92 Å². The smallest absolute Gasteiger partial charge is 0.242 e. The number of hydrogen-bond acceptors (Lipinski definition) is 3. The van der Waals surface area contributed by atoms with Gasteiger partial charge in [-0.3, -0.25) is 9.59 Å². The molecular weight excluding hydrogens is 230 g/mol. The van der Waals surface area contributed by atoms with Crippen molar-refractivity contribution in [3.63, 3.8) is 0 Å². The molecule has 5 heteroatoms. The zero-order chi connectivity index (χ0) is 13.8. The third-order valence-electron chi connectivity index (χ3n) is 3.65. The SMILES string of the molecule is CCCC(C)(N)C(=O)N1CCC(CC(N)=O)CC1. The Hall–Kier alpha value is -1.10. The summed E-state index contributed by atoms with van der Waals surface area (Å²) in [5.41, 5.74) is 10.5. The maximum Gasteiger partial charge on any atom is 0.242 e. The van der Waals surface area contributed by atoms with E-state index in [1.165, 1.54) is 0 Å². The van der Waals surface area contributed by atoms with Crippen molar-refractivity contribution in [1.29, 1.82) is 0 Å². The molecule has 4 N–H and O–H groups in total. The lowest BCUT2D eigenvalue weighted by Gasteiger charge is -2.36. The number of nitrogens with zero attached hydrogens (tertiary/aromatic N) is 1. The van der Waals surface area contributed by atoms with Gasteiger partial charge in [-0.05, 0) is 32.1 Å². The number of likely N-dealkylation sites (tertiary alicyclic amines) is 1. The van der Waals surface area contributed by atoms with Crippen LogP contribution in [0.15, 0.2) is 0 Å². The first kappa shape index (κ1) is 15.0. The predicted molar refractivity (Wildman–Crippen MR) is 70.6 cm³/mol. The Bertz CT molecular complexity index is 307. The van der Waals surface area contributed by atoms with Crippen LogP contribution in [0.5, 0.6) is 0 Å². The van der Waals surface area contributed by atoms with Crippen LogP contribution in [0.3, 0.4) is 0 Å². The number of carbonyl (C=O) groups is 2. The van der Waals surface area contributed by atoms with E-state index in [1.807, 2.05) is 11.8 Å². The van der Waals surface area contributed by atoms with Crippen LogP contribution in [0.4, 0.5) is 0 Å². The molecule has 1 rings (SSSR count). The Morgan fingerprint density at radius 1 is 1.33 bits per heavy atom. The minimum absolute atomic E-state index is 0.0295. The van der Waals surface area contributed by atoms with Crippen molar-refractivity contribution >= 4 is 11.8 Å². The Kier molecular flexibility index (Phi) is 5.14. The van der Waals surface area contributed by atoms with Gasteiger partial charge in [0.1, 0.15) is 0 Å². The van der Waals surface area contributed by atoms with E-state index >= 15 is 0 Å². The first-order chi connectivity index (χ1) is 8.36. The van der Waals surface area contributed by atoms with Gasteiger partial charge in [0.05, 0.1) is 5.54 Å². The monoisotopic (exact) mass is 255 g/mol. The highest BCUT2D eigenvalue weighted by atomic mass is 16.2. The van der Waals surface area contributed by atoms with E-state index in [0.29, 0.717) is 31.8 Å². The Morgan fingerprint density at radius 3 is 2.33 bits per heavy atom. The fraction of sp³-hybridized carbons (Fsp3) is 0.846. The van der Waals surface area contributed by atoms with Crippen LogP contribution >= 0.6 is 0 Å². The van der Waals surface area contributed by atoms with E-state index in [-0.39, 0.29) is 11.8 Å². The van der Waals surface area contributed by atoms with Crippen LogP contribution < -0.4 is 11.5 Å². The van der Waals surface area contributed by atoms with E-state index < -0.39 is 5.54 Å². The molecule has 1 saturated heterocycles. The number of carbonyl (C=O) groups excluding carboxylic acids is 2. The number of hydrogen-bond donors (Lipinski definition) is 2. The molecule has 1 aliphatic heterocycles. The second-order valence-electron chi connectivity index (χ2n) is 5.57. The van der Waals surface area contributed by atoms with Gasteiger partial charge in [-0.2, -0.15) is 0 Å². The molecule has 5 nitrogen and oxygen atoms in total. The van der Waals surface area contributed by atoms with Gasteiger partial charge in [0.2, 0.25) is 11.8 Å². The third kappa shape index (κ3) is 3.98. The first-order valence-electron chi connectivity index (χ1n) is 6.73. The molecule has 0 aromatic heterocycles. The molecule has 0 saturated carbocycles. The minimum Gasteiger partial charge on any atom is -0.370 e. The number of primary amides is 1. The maximum absolute atomic E-state index is 12.2. The molecule has 0 spiro atoms. The average Bonchev–Trinajstić information content (AvgIpc) is 2.28. The molecule has 0 aromatic rings. The van der Waals surface area contributed by atoms with Gasteiger partial charge in [0, 0.05) is 19.5 Å². The van der Waals surface area contributed by atoms with Crippen molar-refractivity contribution in [2.45, 2.75) is 51.5 Å². The zero-order valence-electron chi connectivity index (χ0n) is 11.4. The highest BCUT2D eigenvalue weighted by molar-refractivity contribution is 5.85. The molecule has 1 fully saturated rings. The van der Waals surface area contributed by atoms with E-state index in [1.54, 1.807) is 6.92 Å². The molecule has 0 aromatic carbocycles. The zero-order valence-corrected chi connectivity index (χ0v) is 11.4. The molecule has 1 aliphatic rings. The van der Waals surface area contributed by atoms with Crippen molar-refractivity contribution in [2.75, 3.05) is 13.1 Å². The summed E-state index contributed by atoms with van der Waals surface area (Å²) in [4.78, 5) is 24.9. The van der Waals surface area contributed by atoms with Crippen LogP contribution in [0.2, 0.25) is 0 Å². The fourth-order valence-electron chi connectivity index (χ4n) is 2.61. The molecule has 2 amide bonds. The number of amides is 2. The molecular formula is C13H25N3O2.